The summed E-state index contributed by atoms with van der Waals surface area (Å²) in [6.07, 6.45) is 4.74. The van der Waals surface area contributed by atoms with Gasteiger partial charge in [0.25, 0.3) is 0 Å². The molecule has 10 nitrogen and oxygen atoms in total. The number of pyridine rings is 2. The fourth-order valence-electron chi connectivity index (χ4n) is 5.93. The Bertz CT molecular complexity index is 2140. The molecular weight excluding hydrogens is 600 g/mol. The van der Waals surface area contributed by atoms with Crippen molar-refractivity contribution < 1.29 is 23.4 Å². The van der Waals surface area contributed by atoms with E-state index < -0.39 is 11.6 Å². The van der Waals surface area contributed by atoms with Crippen molar-refractivity contribution >= 4 is 38.4 Å². The third-order valence-corrected chi connectivity index (χ3v) is 8.96. The minimum absolute atomic E-state index is 0.00895. The van der Waals surface area contributed by atoms with Gasteiger partial charge in [-0.1, -0.05) is 6.58 Å². The van der Waals surface area contributed by atoms with E-state index in [4.69, 9.17) is 14.8 Å². The van der Waals surface area contributed by atoms with E-state index in [9.17, 15) is 14.3 Å². The lowest BCUT2D eigenvalue weighted by atomic mass is 9.96. The molecule has 7 rings (SSSR count). The summed E-state index contributed by atoms with van der Waals surface area (Å²) >= 11 is 1.38. The summed E-state index contributed by atoms with van der Waals surface area (Å²) in [6.45, 7) is 5.92. The number of rotatable bonds is 7. The fraction of sp³-hybridized carbons (Fsp3) is 0.219. The van der Waals surface area contributed by atoms with Gasteiger partial charge in [-0.25, -0.2) is 18.7 Å². The van der Waals surface area contributed by atoms with Crippen molar-refractivity contribution in [2.75, 3.05) is 19.8 Å². The number of aliphatic hydroxyl groups is 1. The smallest absolute Gasteiger partial charge is 0.246 e. The maximum Gasteiger partial charge on any atom is 0.246 e. The highest BCUT2D eigenvalue weighted by molar-refractivity contribution is 7.18. The lowest BCUT2D eigenvalue weighted by molar-refractivity contribution is -0.129. The topological polar surface area (TPSA) is 111 Å². The quantitative estimate of drug-likeness (QED) is 0.232. The monoisotopic (exact) mass is 627 g/mol. The van der Waals surface area contributed by atoms with Crippen molar-refractivity contribution in [2.24, 2.45) is 7.05 Å². The second kappa shape index (κ2) is 11.2. The standard InChI is InChI=1S/C32H27F2N7O3S/c1-4-26(43)40-6-7-41-24(17(40)2)14-23(38-41)30-28(27-22(34)12-20(33)13-25(27)44-9-8-42)31-21(5-10-45-31)29(37-30)18-11-19-16-36-39(3)32(19)35-15-18/h4-5,10-17,42H,1,6-9H2,2-3H3. The Morgan fingerprint density at radius 1 is 1.18 bits per heavy atom. The third-order valence-electron chi connectivity index (χ3n) is 8.03. The highest BCUT2D eigenvalue weighted by Crippen LogP contribution is 2.47. The molecule has 6 heterocycles. The van der Waals surface area contributed by atoms with Gasteiger partial charge in [-0.3, -0.25) is 14.2 Å². The number of aromatic nitrogens is 6. The van der Waals surface area contributed by atoms with Gasteiger partial charge in [0.2, 0.25) is 5.91 Å². The predicted octanol–water partition coefficient (Wildman–Crippen LogP) is 5.51. The number of carbonyl (C=O) groups is 1. The molecule has 0 saturated heterocycles. The Balaban J connectivity index is 1.52. The maximum absolute atomic E-state index is 15.9. The second-order valence-electron chi connectivity index (χ2n) is 10.7. The number of aryl methyl sites for hydroxylation is 1. The van der Waals surface area contributed by atoms with E-state index >= 15 is 4.39 Å². The number of benzene rings is 1. The minimum atomic E-state index is -0.841. The van der Waals surface area contributed by atoms with Crippen molar-refractivity contribution in [1.82, 2.24) is 34.4 Å². The number of nitrogens with zero attached hydrogens (tertiary/aromatic N) is 7. The average Bonchev–Trinajstić information content (AvgIpc) is 3.78. The van der Waals surface area contributed by atoms with Gasteiger partial charge in [-0.2, -0.15) is 10.2 Å². The van der Waals surface area contributed by atoms with Gasteiger partial charge < -0.3 is 14.7 Å². The van der Waals surface area contributed by atoms with Gasteiger partial charge in [0.05, 0.1) is 42.3 Å². The first kappa shape index (κ1) is 28.7. The molecule has 1 unspecified atom stereocenters. The highest BCUT2D eigenvalue weighted by atomic mass is 32.1. The van der Waals surface area contributed by atoms with Crippen molar-refractivity contribution in [3.63, 3.8) is 0 Å². The number of fused-ring (bicyclic) bond motifs is 3. The largest absolute Gasteiger partial charge is 0.490 e. The average molecular weight is 628 g/mol. The van der Waals surface area contributed by atoms with Crippen molar-refractivity contribution in [3.8, 4) is 39.5 Å². The minimum Gasteiger partial charge on any atom is -0.490 e. The number of halogens is 2. The van der Waals surface area contributed by atoms with Crippen LogP contribution in [-0.2, 0) is 18.4 Å². The molecule has 0 spiro atoms. The van der Waals surface area contributed by atoms with Crippen LogP contribution < -0.4 is 4.74 Å². The Morgan fingerprint density at radius 2 is 2.02 bits per heavy atom. The van der Waals surface area contributed by atoms with Crippen molar-refractivity contribution in [3.05, 3.63) is 78.1 Å². The Morgan fingerprint density at radius 3 is 2.82 bits per heavy atom. The molecule has 13 heteroatoms. The van der Waals surface area contributed by atoms with Crippen LogP contribution in [0.3, 0.4) is 0 Å². The zero-order valence-corrected chi connectivity index (χ0v) is 25.2. The van der Waals surface area contributed by atoms with Gasteiger partial charge >= 0.3 is 0 Å². The van der Waals surface area contributed by atoms with E-state index in [1.807, 2.05) is 42.2 Å². The fourth-order valence-corrected chi connectivity index (χ4v) is 6.88. The lowest BCUT2D eigenvalue weighted by Crippen LogP contribution is -2.40. The Labute approximate surface area is 259 Å². The molecule has 0 fully saturated rings. The molecule has 0 radical (unpaired) electrons. The van der Waals surface area contributed by atoms with Gasteiger partial charge in [0.15, 0.2) is 5.65 Å². The molecule has 45 heavy (non-hydrogen) atoms. The molecular formula is C32H27F2N7O3S. The van der Waals surface area contributed by atoms with E-state index in [-0.39, 0.29) is 36.5 Å². The lowest BCUT2D eigenvalue weighted by Gasteiger charge is -2.33. The first-order valence-electron chi connectivity index (χ1n) is 14.2. The summed E-state index contributed by atoms with van der Waals surface area (Å²) < 4.78 is 40.3. The molecule has 1 amide bonds. The van der Waals surface area contributed by atoms with Crippen LogP contribution in [0.1, 0.15) is 18.7 Å². The summed E-state index contributed by atoms with van der Waals surface area (Å²) in [7, 11) is 1.82. The van der Waals surface area contributed by atoms with Gasteiger partial charge in [-0.15, -0.1) is 11.3 Å². The zero-order valence-electron chi connectivity index (χ0n) is 24.4. The number of thiophene rings is 1. The molecule has 228 valence electrons. The van der Waals surface area contributed by atoms with E-state index in [0.717, 1.165) is 34.2 Å². The number of hydrogen-bond donors (Lipinski definition) is 1. The van der Waals surface area contributed by atoms with Crippen LogP contribution in [0.15, 0.2) is 60.8 Å². The summed E-state index contributed by atoms with van der Waals surface area (Å²) in [4.78, 5) is 24.0. The van der Waals surface area contributed by atoms with Crippen LogP contribution in [0.2, 0.25) is 0 Å². The SMILES string of the molecule is C=CC(=O)N1CCn2nc(-c3nc(-c4cnc5c(cnn5C)c4)c4ccsc4c3-c3c(F)cc(F)cc3OCCO)cc2C1C. The number of ether oxygens (including phenoxy) is 1. The van der Waals surface area contributed by atoms with E-state index in [2.05, 4.69) is 16.7 Å². The van der Waals surface area contributed by atoms with Gasteiger partial charge in [0.1, 0.15) is 35.4 Å². The van der Waals surface area contributed by atoms with Crippen LogP contribution in [0, 0.1) is 11.6 Å². The van der Waals surface area contributed by atoms with E-state index in [1.165, 1.54) is 17.4 Å². The first-order chi connectivity index (χ1) is 21.8. The molecule has 0 aliphatic carbocycles. The van der Waals surface area contributed by atoms with Gasteiger partial charge in [0, 0.05) is 58.5 Å². The Kier molecular flexibility index (Phi) is 7.13. The molecule has 1 aliphatic rings. The molecule has 0 saturated carbocycles. The van der Waals surface area contributed by atoms with Crippen LogP contribution in [0.4, 0.5) is 8.78 Å². The number of aliphatic hydroxyl groups excluding tert-OH is 1. The van der Waals surface area contributed by atoms with E-state index in [1.54, 1.807) is 22.0 Å². The third kappa shape index (κ3) is 4.75. The van der Waals surface area contributed by atoms with E-state index in [0.29, 0.717) is 46.1 Å². The van der Waals surface area contributed by atoms with Crippen molar-refractivity contribution in [2.45, 2.75) is 19.5 Å². The predicted molar refractivity (Wildman–Crippen MR) is 167 cm³/mol. The molecule has 6 aromatic rings. The number of amides is 1. The summed E-state index contributed by atoms with van der Waals surface area (Å²) in [5.74, 6) is -1.90. The van der Waals surface area contributed by atoms with Gasteiger partial charge in [-0.05, 0) is 36.6 Å². The molecule has 1 aromatic carbocycles. The highest BCUT2D eigenvalue weighted by Gasteiger charge is 2.31. The summed E-state index contributed by atoms with van der Waals surface area (Å²) in [5.41, 5.74) is 4.01. The summed E-state index contributed by atoms with van der Waals surface area (Å²) in [5, 5.41) is 22.1. The molecule has 1 N–H and O–H groups in total. The second-order valence-corrected chi connectivity index (χ2v) is 11.6. The molecule has 1 aliphatic heterocycles. The maximum atomic E-state index is 15.9. The molecule has 1 atom stereocenters. The van der Waals surface area contributed by atoms with Crippen LogP contribution in [-0.4, -0.2) is 65.2 Å². The number of carbonyl (C=O) groups excluding carboxylic acids is 1. The normalized spacial score (nSPS) is 14.7. The molecule has 0 bridgehead atoms. The van der Waals surface area contributed by atoms with Crippen molar-refractivity contribution in [1.29, 1.82) is 0 Å². The van der Waals surface area contributed by atoms with Crippen LogP contribution in [0.25, 0.3) is 54.9 Å². The first-order valence-corrected chi connectivity index (χ1v) is 15.1. The molecule has 5 aromatic heterocycles. The van der Waals surface area contributed by atoms with Crippen LogP contribution in [0.5, 0.6) is 5.75 Å². The number of hydrogen-bond acceptors (Lipinski definition) is 8. The Hall–Kier alpha value is -5.01. The zero-order chi connectivity index (χ0) is 31.4. The van der Waals surface area contributed by atoms with Crippen LogP contribution >= 0.6 is 11.3 Å². The summed E-state index contributed by atoms with van der Waals surface area (Å²) in [6, 6.07) is 7.30.